The SMILES string of the molecule is C=CCOC(=O)C1=C(C)NC(C)=C(c2cccnc2)C1c1cccc([N+](=O)[O-])c1. The Morgan fingerprint density at radius 3 is 2.76 bits per heavy atom. The fourth-order valence-corrected chi connectivity index (χ4v) is 3.53. The molecule has 7 heteroatoms. The minimum Gasteiger partial charge on any atom is -0.458 e. The summed E-state index contributed by atoms with van der Waals surface area (Å²) < 4.78 is 5.32. The molecular weight excluding hydrogens is 370 g/mol. The van der Waals surface area contributed by atoms with Crippen molar-refractivity contribution >= 4 is 17.2 Å². The summed E-state index contributed by atoms with van der Waals surface area (Å²) in [5, 5.41) is 14.6. The third kappa shape index (κ3) is 4.08. The highest BCUT2D eigenvalue weighted by atomic mass is 16.6. The van der Waals surface area contributed by atoms with Crippen molar-refractivity contribution in [1.82, 2.24) is 10.3 Å². The molecule has 1 aromatic carbocycles. The fourth-order valence-electron chi connectivity index (χ4n) is 3.53. The van der Waals surface area contributed by atoms with Crippen LogP contribution in [0.1, 0.15) is 30.9 Å². The number of aromatic nitrogens is 1. The van der Waals surface area contributed by atoms with Crippen LogP contribution in [0.3, 0.4) is 0 Å². The van der Waals surface area contributed by atoms with E-state index in [0.29, 0.717) is 16.8 Å². The van der Waals surface area contributed by atoms with Crippen molar-refractivity contribution in [1.29, 1.82) is 0 Å². The Morgan fingerprint density at radius 1 is 1.31 bits per heavy atom. The number of rotatable bonds is 6. The summed E-state index contributed by atoms with van der Waals surface area (Å²) in [6, 6.07) is 10.0. The van der Waals surface area contributed by atoms with E-state index in [2.05, 4.69) is 16.9 Å². The molecule has 3 rings (SSSR count). The smallest absolute Gasteiger partial charge is 0.337 e. The molecule has 0 bridgehead atoms. The number of esters is 1. The molecule has 2 aromatic rings. The average Bonchev–Trinajstić information content (AvgIpc) is 2.72. The predicted octanol–water partition coefficient (Wildman–Crippen LogP) is 4.11. The maximum absolute atomic E-state index is 12.9. The summed E-state index contributed by atoms with van der Waals surface area (Å²) in [6.07, 6.45) is 4.87. The Balaban J connectivity index is 2.21. The fraction of sp³-hybridized carbons (Fsp3) is 0.182. The standard InChI is InChI=1S/C22H21N3O4/c1-4-11-29-22(26)20-15(3)24-14(2)19(17-8-6-10-23-13-17)21(20)16-7-5-9-18(12-16)25(27)28/h4-10,12-13,21,24H,1,11H2,2-3H3. The number of benzene rings is 1. The van der Waals surface area contributed by atoms with Crippen LogP contribution in [-0.2, 0) is 9.53 Å². The van der Waals surface area contributed by atoms with Gasteiger partial charge in [0.1, 0.15) is 6.61 Å². The van der Waals surface area contributed by atoms with Gasteiger partial charge in [0.15, 0.2) is 0 Å². The van der Waals surface area contributed by atoms with Gasteiger partial charge in [0.05, 0.1) is 10.5 Å². The molecule has 1 unspecified atom stereocenters. The highest BCUT2D eigenvalue weighted by Gasteiger charge is 2.35. The Kier molecular flexibility index (Phi) is 5.87. The molecule has 1 aliphatic rings. The van der Waals surface area contributed by atoms with Crippen LogP contribution in [0.15, 0.2) is 78.4 Å². The lowest BCUT2D eigenvalue weighted by Crippen LogP contribution is -2.28. The van der Waals surface area contributed by atoms with E-state index in [4.69, 9.17) is 4.74 Å². The van der Waals surface area contributed by atoms with Crippen LogP contribution in [0.5, 0.6) is 0 Å². The first-order valence-electron chi connectivity index (χ1n) is 9.05. The van der Waals surface area contributed by atoms with Crippen LogP contribution >= 0.6 is 0 Å². The van der Waals surface area contributed by atoms with E-state index in [1.807, 2.05) is 13.0 Å². The topological polar surface area (TPSA) is 94.4 Å². The van der Waals surface area contributed by atoms with E-state index in [1.165, 1.54) is 18.2 Å². The van der Waals surface area contributed by atoms with Crippen LogP contribution in [0.4, 0.5) is 5.69 Å². The normalized spacial score (nSPS) is 16.3. The lowest BCUT2D eigenvalue weighted by molar-refractivity contribution is -0.384. The minimum absolute atomic E-state index is 0.0410. The first-order valence-corrected chi connectivity index (χ1v) is 9.05. The Morgan fingerprint density at radius 2 is 2.10 bits per heavy atom. The van der Waals surface area contributed by atoms with Crippen LogP contribution in [0.25, 0.3) is 5.57 Å². The highest BCUT2D eigenvalue weighted by molar-refractivity contribution is 5.97. The van der Waals surface area contributed by atoms with E-state index in [1.54, 1.807) is 37.5 Å². The van der Waals surface area contributed by atoms with Gasteiger partial charge in [-0.1, -0.05) is 30.9 Å². The van der Waals surface area contributed by atoms with Crippen LogP contribution < -0.4 is 5.32 Å². The number of nitrogens with one attached hydrogen (secondary N) is 1. The second-order valence-electron chi connectivity index (χ2n) is 6.62. The van der Waals surface area contributed by atoms with Gasteiger partial charge in [-0.05, 0) is 36.6 Å². The molecule has 148 valence electrons. The number of hydrogen-bond acceptors (Lipinski definition) is 6. The molecule has 0 aliphatic carbocycles. The zero-order valence-corrected chi connectivity index (χ0v) is 16.2. The van der Waals surface area contributed by atoms with E-state index < -0.39 is 16.8 Å². The number of non-ortho nitro benzene ring substituents is 1. The van der Waals surface area contributed by atoms with E-state index in [0.717, 1.165) is 16.8 Å². The molecule has 1 aromatic heterocycles. The van der Waals surface area contributed by atoms with Crippen LogP contribution in [-0.4, -0.2) is 22.5 Å². The van der Waals surface area contributed by atoms with Gasteiger partial charge < -0.3 is 10.1 Å². The Bertz CT molecular complexity index is 1030. The first-order chi connectivity index (χ1) is 13.9. The van der Waals surface area contributed by atoms with Gasteiger partial charge in [-0.25, -0.2) is 4.79 Å². The van der Waals surface area contributed by atoms with Gasteiger partial charge in [0.2, 0.25) is 0 Å². The molecule has 0 radical (unpaired) electrons. The molecule has 29 heavy (non-hydrogen) atoms. The molecule has 0 amide bonds. The predicted molar refractivity (Wildman–Crippen MR) is 110 cm³/mol. The van der Waals surface area contributed by atoms with Crippen LogP contribution in [0.2, 0.25) is 0 Å². The number of allylic oxidation sites excluding steroid dienone is 3. The van der Waals surface area contributed by atoms with Crippen molar-refractivity contribution < 1.29 is 14.5 Å². The van der Waals surface area contributed by atoms with Crippen molar-refractivity contribution in [2.24, 2.45) is 0 Å². The summed E-state index contributed by atoms with van der Waals surface area (Å²) in [5.41, 5.74) is 4.10. The third-order valence-corrected chi connectivity index (χ3v) is 4.70. The molecule has 0 spiro atoms. The number of nitro groups is 1. The number of dihydropyridines is 1. The van der Waals surface area contributed by atoms with Crippen molar-refractivity contribution in [2.75, 3.05) is 6.61 Å². The summed E-state index contributed by atoms with van der Waals surface area (Å²) in [5.74, 6) is -1.04. The Labute approximate surface area is 168 Å². The number of carbonyl (C=O) groups excluding carboxylic acids is 1. The average molecular weight is 391 g/mol. The summed E-state index contributed by atoms with van der Waals surface area (Å²) in [4.78, 5) is 28.0. The van der Waals surface area contributed by atoms with E-state index in [-0.39, 0.29) is 12.3 Å². The largest absolute Gasteiger partial charge is 0.458 e. The number of pyridine rings is 1. The molecular formula is C22H21N3O4. The van der Waals surface area contributed by atoms with Gasteiger partial charge in [0.25, 0.3) is 5.69 Å². The van der Waals surface area contributed by atoms with Gasteiger partial charge in [-0.2, -0.15) is 0 Å². The lowest BCUT2D eigenvalue weighted by Gasteiger charge is -2.31. The van der Waals surface area contributed by atoms with Crippen molar-refractivity contribution in [2.45, 2.75) is 19.8 Å². The second-order valence-corrected chi connectivity index (χ2v) is 6.62. The van der Waals surface area contributed by atoms with Gasteiger partial charge in [-0.3, -0.25) is 15.1 Å². The number of nitrogens with zero attached hydrogens (tertiary/aromatic N) is 2. The summed E-state index contributed by atoms with van der Waals surface area (Å²) in [6.45, 7) is 7.34. The maximum Gasteiger partial charge on any atom is 0.337 e. The lowest BCUT2D eigenvalue weighted by atomic mass is 9.78. The number of hydrogen-bond donors (Lipinski definition) is 1. The molecule has 7 nitrogen and oxygen atoms in total. The van der Waals surface area contributed by atoms with Crippen molar-refractivity contribution in [3.05, 3.63) is 99.7 Å². The molecule has 2 heterocycles. The Hall–Kier alpha value is -3.74. The quantitative estimate of drug-likeness (QED) is 0.345. The number of ether oxygens (including phenoxy) is 1. The highest BCUT2D eigenvalue weighted by Crippen LogP contribution is 2.44. The molecule has 1 atom stereocenters. The second kappa shape index (κ2) is 8.52. The molecule has 0 saturated carbocycles. The van der Waals surface area contributed by atoms with E-state index >= 15 is 0 Å². The van der Waals surface area contributed by atoms with Gasteiger partial charge in [0, 0.05) is 41.8 Å². The first kappa shape index (κ1) is 20.0. The molecule has 1 N–H and O–H groups in total. The molecule has 0 fully saturated rings. The summed E-state index contributed by atoms with van der Waals surface area (Å²) in [7, 11) is 0. The van der Waals surface area contributed by atoms with Gasteiger partial charge in [-0.15, -0.1) is 0 Å². The molecule has 0 saturated heterocycles. The van der Waals surface area contributed by atoms with Crippen molar-refractivity contribution in [3.8, 4) is 0 Å². The van der Waals surface area contributed by atoms with E-state index in [9.17, 15) is 14.9 Å². The minimum atomic E-state index is -0.544. The van der Waals surface area contributed by atoms with Crippen LogP contribution in [0, 0.1) is 10.1 Å². The zero-order valence-electron chi connectivity index (χ0n) is 16.2. The van der Waals surface area contributed by atoms with Gasteiger partial charge >= 0.3 is 5.97 Å². The number of carbonyl (C=O) groups is 1. The van der Waals surface area contributed by atoms with Crippen molar-refractivity contribution in [3.63, 3.8) is 0 Å². The zero-order chi connectivity index (χ0) is 21.0. The maximum atomic E-state index is 12.9. The summed E-state index contributed by atoms with van der Waals surface area (Å²) >= 11 is 0. The third-order valence-electron chi connectivity index (χ3n) is 4.70. The number of nitro benzene ring substituents is 1. The molecule has 1 aliphatic heterocycles. The monoisotopic (exact) mass is 391 g/mol.